The molecule has 0 aliphatic rings. The van der Waals surface area contributed by atoms with Crippen LogP contribution >= 0.6 is 0 Å². The van der Waals surface area contributed by atoms with Crippen molar-refractivity contribution in [2.75, 3.05) is 4.90 Å². The maximum absolute atomic E-state index is 2.37. The Kier molecular flexibility index (Phi) is 5.53. The van der Waals surface area contributed by atoms with E-state index in [1.54, 1.807) is 0 Å². The summed E-state index contributed by atoms with van der Waals surface area (Å²) < 4.78 is 0. The van der Waals surface area contributed by atoms with E-state index in [0.29, 0.717) is 0 Å². The van der Waals surface area contributed by atoms with E-state index >= 15 is 0 Å². The molecule has 1 heteroatoms. The molecule has 192 valence electrons. The summed E-state index contributed by atoms with van der Waals surface area (Å²) in [7, 11) is 0. The van der Waals surface area contributed by atoms with Gasteiger partial charge in [-0.05, 0) is 96.7 Å². The van der Waals surface area contributed by atoms with E-state index in [1.165, 1.54) is 54.2 Å². The quantitative estimate of drug-likeness (QED) is 0.208. The predicted molar refractivity (Wildman–Crippen MR) is 177 cm³/mol. The summed E-state index contributed by atoms with van der Waals surface area (Å²) in [6.45, 7) is 0. The minimum Gasteiger partial charge on any atom is -0.310 e. The molecular weight excluding hydrogens is 494 g/mol. The summed E-state index contributed by atoms with van der Waals surface area (Å²) in [5.41, 5.74) is 5.87. The van der Waals surface area contributed by atoms with E-state index in [2.05, 4.69) is 169 Å². The molecular formula is C40H27N. The van der Waals surface area contributed by atoms with E-state index in [4.69, 9.17) is 0 Å². The summed E-state index contributed by atoms with van der Waals surface area (Å²) in [4.78, 5) is 2.37. The maximum atomic E-state index is 2.37. The third-order valence-corrected chi connectivity index (χ3v) is 8.19. The number of rotatable bonds is 4. The van der Waals surface area contributed by atoms with Gasteiger partial charge in [-0.15, -0.1) is 0 Å². The van der Waals surface area contributed by atoms with Gasteiger partial charge in [-0.2, -0.15) is 0 Å². The van der Waals surface area contributed by atoms with Gasteiger partial charge in [0.1, 0.15) is 0 Å². The molecule has 0 amide bonds. The Morgan fingerprint density at radius 2 is 0.854 bits per heavy atom. The topological polar surface area (TPSA) is 3.24 Å². The minimum absolute atomic E-state index is 1.14. The van der Waals surface area contributed by atoms with E-state index in [0.717, 1.165) is 17.1 Å². The Bertz CT molecular complexity index is 2200. The molecule has 0 heterocycles. The van der Waals surface area contributed by atoms with Gasteiger partial charge >= 0.3 is 0 Å². The largest absolute Gasteiger partial charge is 0.310 e. The molecule has 0 unspecified atom stereocenters. The minimum atomic E-state index is 1.14. The van der Waals surface area contributed by atoms with Crippen LogP contribution in [0.2, 0.25) is 0 Å². The summed E-state index contributed by atoms with van der Waals surface area (Å²) in [5, 5.41) is 10.1. The van der Waals surface area contributed by atoms with Gasteiger partial charge in [-0.25, -0.2) is 0 Å². The molecule has 0 saturated carbocycles. The van der Waals surface area contributed by atoms with Crippen molar-refractivity contribution >= 4 is 60.2 Å². The number of nitrogens with zero attached hydrogens (tertiary/aromatic N) is 1. The highest BCUT2D eigenvalue weighted by atomic mass is 15.1. The van der Waals surface area contributed by atoms with Crippen molar-refractivity contribution in [2.24, 2.45) is 0 Å². The smallest absolute Gasteiger partial charge is 0.0468 e. The van der Waals surface area contributed by atoms with E-state index < -0.39 is 0 Å². The fraction of sp³-hybridized carbons (Fsp3) is 0. The molecule has 0 radical (unpaired) electrons. The first-order valence-corrected chi connectivity index (χ1v) is 14.1. The summed E-state index contributed by atoms with van der Waals surface area (Å²) in [5.74, 6) is 0. The molecule has 0 aliphatic heterocycles. The molecule has 0 aliphatic carbocycles. The van der Waals surface area contributed by atoms with Gasteiger partial charge in [-0.1, -0.05) is 121 Å². The Morgan fingerprint density at radius 3 is 1.66 bits per heavy atom. The number of hydrogen-bond donors (Lipinski definition) is 0. The fourth-order valence-electron chi connectivity index (χ4n) is 6.15. The number of benzene rings is 8. The maximum Gasteiger partial charge on any atom is 0.0468 e. The number of hydrogen-bond acceptors (Lipinski definition) is 1. The fourth-order valence-corrected chi connectivity index (χ4v) is 6.15. The normalized spacial score (nSPS) is 11.4. The Morgan fingerprint density at radius 1 is 0.268 bits per heavy atom. The third-order valence-electron chi connectivity index (χ3n) is 8.19. The summed E-state index contributed by atoms with van der Waals surface area (Å²) >= 11 is 0. The van der Waals surface area contributed by atoms with Gasteiger partial charge in [0.05, 0.1) is 0 Å². The average molecular weight is 522 g/mol. The van der Waals surface area contributed by atoms with Crippen molar-refractivity contribution < 1.29 is 0 Å². The van der Waals surface area contributed by atoms with Crippen molar-refractivity contribution in [2.45, 2.75) is 0 Å². The van der Waals surface area contributed by atoms with Crippen molar-refractivity contribution in [3.8, 4) is 11.1 Å². The molecule has 1 nitrogen and oxygen atoms in total. The lowest BCUT2D eigenvalue weighted by atomic mass is 9.96. The highest BCUT2D eigenvalue weighted by Gasteiger charge is 2.15. The van der Waals surface area contributed by atoms with Gasteiger partial charge in [-0.3, -0.25) is 0 Å². The summed E-state index contributed by atoms with van der Waals surface area (Å²) in [6, 6.07) is 59.3. The van der Waals surface area contributed by atoms with Crippen LogP contribution in [0.4, 0.5) is 17.1 Å². The third kappa shape index (κ3) is 4.11. The van der Waals surface area contributed by atoms with Gasteiger partial charge < -0.3 is 4.90 Å². The van der Waals surface area contributed by atoms with Crippen LogP contribution in [-0.4, -0.2) is 0 Å². The first-order chi connectivity index (χ1) is 20.3. The Balaban J connectivity index is 1.33. The van der Waals surface area contributed by atoms with Crippen LogP contribution in [0, 0.1) is 0 Å². The van der Waals surface area contributed by atoms with Crippen LogP contribution in [0.25, 0.3) is 54.2 Å². The zero-order chi connectivity index (χ0) is 27.2. The number of anilines is 3. The predicted octanol–water partition coefficient (Wildman–Crippen LogP) is 11.4. The Hall–Kier alpha value is -5.40. The zero-order valence-electron chi connectivity index (χ0n) is 22.5. The SMILES string of the molecule is c1ccc(-c2ccc3ccc(N(c4ccccc4)c4ccc5ccc6c7ccccc7ccc6c5c4)cc3c2)cc1. The molecule has 8 rings (SSSR count). The molecule has 0 atom stereocenters. The van der Waals surface area contributed by atoms with Crippen molar-refractivity contribution in [3.63, 3.8) is 0 Å². The van der Waals surface area contributed by atoms with Crippen molar-refractivity contribution in [1.82, 2.24) is 0 Å². The number of fused-ring (bicyclic) bond motifs is 6. The zero-order valence-corrected chi connectivity index (χ0v) is 22.5. The molecule has 8 aromatic rings. The molecule has 41 heavy (non-hydrogen) atoms. The van der Waals surface area contributed by atoms with Gasteiger partial charge in [0, 0.05) is 17.1 Å². The van der Waals surface area contributed by atoms with Crippen molar-refractivity contribution in [1.29, 1.82) is 0 Å². The van der Waals surface area contributed by atoms with Crippen LogP contribution in [-0.2, 0) is 0 Å². The molecule has 0 aromatic heterocycles. The number of para-hydroxylation sites is 1. The lowest BCUT2D eigenvalue weighted by molar-refractivity contribution is 1.29. The first kappa shape index (κ1) is 23.5. The Labute approximate surface area is 239 Å². The van der Waals surface area contributed by atoms with Crippen LogP contribution in [0.5, 0.6) is 0 Å². The van der Waals surface area contributed by atoms with Gasteiger partial charge in [0.2, 0.25) is 0 Å². The van der Waals surface area contributed by atoms with Gasteiger partial charge in [0.15, 0.2) is 0 Å². The second-order valence-electron chi connectivity index (χ2n) is 10.6. The molecule has 0 N–H and O–H groups in total. The highest BCUT2D eigenvalue weighted by molar-refractivity contribution is 6.17. The van der Waals surface area contributed by atoms with Crippen LogP contribution in [0.15, 0.2) is 164 Å². The van der Waals surface area contributed by atoms with E-state index in [1.807, 2.05) is 0 Å². The second-order valence-corrected chi connectivity index (χ2v) is 10.6. The summed E-state index contributed by atoms with van der Waals surface area (Å²) in [6.07, 6.45) is 0. The van der Waals surface area contributed by atoms with Crippen LogP contribution in [0.3, 0.4) is 0 Å². The molecule has 0 fully saturated rings. The molecule has 0 saturated heterocycles. The standard InChI is InChI=1S/C40H27N/c1-3-9-28(10-4-1)32-16-15-29-17-21-35(26-33(29)25-32)41(34-12-5-2-6-13-34)36-22-18-31-20-23-38-37-14-8-7-11-30(37)19-24-39(38)40(31)27-36/h1-27H. The van der Waals surface area contributed by atoms with Gasteiger partial charge in [0.25, 0.3) is 0 Å². The van der Waals surface area contributed by atoms with Crippen molar-refractivity contribution in [3.05, 3.63) is 164 Å². The average Bonchev–Trinajstić information content (AvgIpc) is 3.05. The van der Waals surface area contributed by atoms with E-state index in [9.17, 15) is 0 Å². The van der Waals surface area contributed by atoms with Crippen LogP contribution in [0.1, 0.15) is 0 Å². The lowest BCUT2D eigenvalue weighted by Gasteiger charge is -2.26. The first-order valence-electron chi connectivity index (χ1n) is 14.1. The van der Waals surface area contributed by atoms with Crippen LogP contribution < -0.4 is 4.90 Å². The molecule has 0 bridgehead atoms. The molecule has 8 aromatic carbocycles. The highest BCUT2D eigenvalue weighted by Crippen LogP contribution is 2.40. The lowest BCUT2D eigenvalue weighted by Crippen LogP contribution is -2.09. The second kappa shape index (κ2) is 9.66. The molecule has 0 spiro atoms. The monoisotopic (exact) mass is 521 g/mol. The van der Waals surface area contributed by atoms with E-state index in [-0.39, 0.29) is 0 Å².